The highest BCUT2D eigenvalue weighted by Gasteiger charge is 2.22. The molecule has 1 aromatic rings. The standard InChI is InChI=1S/C11H16N2O2/c1-2-9(12)8(7-11(14)15)10-5-3-4-6-13-10/h3-6,8-9H,2,7,12H2,1H3,(H,14,15). The average Bonchev–Trinajstić information content (AvgIpc) is 2.26. The van der Waals surface area contributed by atoms with Crippen molar-refractivity contribution < 1.29 is 9.90 Å². The van der Waals surface area contributed by atoms with Crippen LogP contribution in [0.25, 0.3) is 0 Å². The van der Waals surface area contributed by atoms with Gasteiger partial charge in [-0.15, -0.1) is 0 Å². The van der Waals surface area contributed by atoms with Gasteiger partial charge in [-0.3, -0.25) is 9.78 Å². The smallest absolute Gasteiger partial charge is 0.304 e. The molecule has 0 aliphatic rings. The first-order valence-electron chi connectivity index (χ1n) is 5.03. The minimum absolute atomic E-state index is 0.0337. The molecule has 0 amide bonds. The highest BCUT2D eigenvalue weighted by Crippen LogP contribution is 2.22. The predicted octanol–water partition coefficient (Wildman–Crippen LogP) is 1.38. The normalized spacial score (nSPS) is 14.5. The zero-order chi connectivity index (χ0) is 11.3. The van der Waals surface area contributed by atoms with Crippen molar-refractivity contribution in [3.63, 3.8) is 0 Å². The third-order valence-electron chi connectivity index (χ3n) is 2.45. The van der Waals surface area contributed by atoms with Crippen molar-refractivity contribution in [1.82, 2.24) is 4.98 Å². The zero-order valence-electron chi connectivity index (χ0n) is 8.76. The average molecular weight is 208 g/mol. The van der Waals surface area contributed by atoms with Crippen molar-refractivity contribution >= 4 is 5.97 Å². The Morgan fingerprint density at radius 1 is 1.60 bits per heavy atom. The molecule has 15 heavy (non-hydrogen) atoms. The van der Waals surface area contributed by atoms with Crippen molar-refractivity contribution in [3.05, 3.63) is 30.1 Å². The fourth-order valence-corrected chi connectivity index (χ4v) is 1.54. The van der Waals surface area contributed by atoms with Crippen LogP contribution in [-0.4, -0.2) is 22.1 Å². The van der Waals surface area contributed by atoms with Gasteiger partial charge in [0.05, 0.1) is 6.42 Å². The van der Waals surface area contributed by atoms with E-state index in [9.17, 15) is 4.79 Å². The second-order valence-corrected chi connectivity index (χ2v) is 3.53. The monoisotopic (exact) mass is 208 g/mol. The van der Waals surface area contributed by atoms with E-state index in [-0.39, 0.29) is 18.4 Å². The highest BCUT2D eigenvalue weighted by molar-refractivity contribution is 5.68. The van der Waals surface area contributed by atoms with Crippen LogP contribution in [0.5, 0.6) is 0 Å². The van der Waals surface area contributed by atoms with Crippen LogP contribution in [0.4, 0.5) is 0 Å². The van der Waals surface area contributed by atoms with Crippen LogP contribution in [0.3, 0.4) is 0 Å². The molecule has 0 bridgehead atoms. The van der Waals surface area contributed by atoms with Crippen LogP contribution in [0.15, 0.2) is 24.4 Å². The molecule has 1 rings (SSSR count). The van der Waals surface area contributed by atoms with Crippen molar-refractivity contribution in [2.24, 2.45) is 5.73 Å². The molecule has 0 aliphatic heterocycles. The highest BCUT2D eigenvalue weighted by atomic mass is 16.4. The van der Waals surface area contributed by atoms with Gasteiger partial charge in [-0.1, -0.05) is 13.0 Å². The topological polar surface area (TPSA) is 76.2 Å². The van der Waals surface area contributed by atoms with Crippen molar-refractivity contribution in [3.8, 4) is 0 Å². The molecule has 3 N–H and O–H groups in total. The lowest BCUT2D eigenvalue weighted by molar-refractivity contribution is -0.137. The van der Waals surface area contributed by atoms with Gasteiger partial charge in [-0.25, -0.2) is 0 Å². The van der Waals surface area contributed by atoms with E-state index in [0.717, 1.165) is 12.1 Å². The van der Waals surface area contributed by atoms with Gasteiger partial charge >= 0.3 is 5.97 Å². The Morgan fingerprint density at radius 3 is 2.80 bits per heavy atom. The maximum absolute atomic E-state index is 10.7. The predicted molar refractivity (Wildman–Crippen MR) is 57.5 cm³/mol. The molecule has 1 heterocycles. The summed E-state index contributed by atoms with van der Waals surface area (Å²) in [5.74, 6) is -1.04. The molecule has 4 nitrogen and oxygen atoms in total. The third kappa shape index (κ3) is 3.32. The first kappa shape index (κ1) is 11.7. The first-order chi connectivity index (χ1) is 7.15. The molecule has 82 valence electrons. The van der Waals surface area contributed by atoms with Crippen molar-refractivity contribution in [2.75, 3.05) is 0 Å². The van der Waals surface area contributed by atoms with E-state index in [1.807, 2.05) is 19.1 Å². The number of carboxylic acid groups (broad SMARTS) is 1. The van der Waals surface area contributed by atoms with E-state index in [4.69, 9.17) is 10.8 Å². The van der Waals surface area contributed by atoms with Gasteiger partial charge in [0.15, 0.2) is 0 Å². The lowest BCUT2D eigenvalue weighted by Gasteiger charge is -2.20. The second-order valence-electron chi connectivity index (χ2n) is 3.53. The first-order valence-corrected chi connectivity index (χ1v) is 5.03. The number of aromatic nitrogens is 1. The summed E-state index contributed by atoms with van der Waals surface area (Å²) in [6.07, 6.45) is 2.44. The number of rotatable bonds is 5. The fourth-order valence-electron chi connectivity index (χ4n) is 1.54. The van der Waals surface area contributed by atoms with E-state index >= 15 is 0 Å². The number of hydrogen-bond acceptors (Lipinski definition) is 3. The number of carbonyl (C=O) groups is 1. The summed E-state index contributed by atoms with van der Waals surface area (Å²) in [7, 11) is 0. The summed E-state index contributed by atoms with van der Waals surface area (Å²) in [4.78, 5) is 14.9. The van der Waals surface area contributed by atoms with Gasteiger partial charge in [0.1, 0.15) is 0 Å². The Morgan fingerprint density at radius 2 is 2.33 bits per heavy atom. The van der Waals surface area contributed by atoms with Gasteiger partial charge in [-0.2, -0.15) is 0 Å². The quantitative estimate of drug-likeness (QED) is 0.766. The maximum Gasteiger partial charge on any atom is 0.304 e. The summed E-state index contributed by atoms with van der Waals surface area (Å²) in [5.41, 5.74) is 6.65. The molecule has 2 unspecified atom stereocenters. The summed E-state index contributed by atoms with van der Waals surface area (Å²) in [6, 6.07) is 5.32. The van der Waals surface area contributed by atoms with Gasteiger partial charge in [-0.05, 0) is 18.6 Å². The molecule has 0 spiro atoms. The number of pyridine rings is 1. The molecule has 0 aliphatic carbocycles. The molecule has 2 atom stereocenters. The molecule has 1 aromatic heterocycles. The van der Waals surface area contributed by atoms with Gasteiger partial charge in [0.2, 0.25) is 0 Å². The molecule has 4 heteroatoms. The van der Waals surface area contributed by atoms with E-state index in [0.29, 0.717) is 0 Å². The van der Waals surface area contributed by atoms with E-state index < -0.39 is 5.97 Å². The second kappa shape index (κ2) is 5.46. The van der Waals surface area contributed by atoms with Gasteiger partial charge < -0.3 is 10.8 Å². The Balaban J connectivity index is 2.86. The third-order valence-corrected chi connectivity index (χ3v) is 2.45. The Bertz CT molecular complexity index is 314. The molecule has 0 saturated carbocycles. The Kier molecular flexibility index (Phi) is 4.24. The van der Waals surface area contributed by atoms with E-state index in [1.54, 1.807) is 12.3 Å². The molecular weight excluding hydrogens is 192 g/mol. The van der Waals surface area contributed by atoms with Crippen molar-refractivity contribution in [2.45, 2.75) is 31.7 Å². The minimum atomic E-state index is -0.838. The maximum atomic E-state index is 10.7. The minimum Gasteiger partial charge on any atom is -0.481 e. The van der Waals surface area contributed by atoms with Crippen LogP contribution >= 0.6 is 0 Å². The Labute approximate surface area is 89.1 Å². The fraction of sp³-hybridized carbons (Fsp3) is 0.455. The van der Waals surface area contributed by atoms with Crippen LogP contribution in [-0.2, 0) is 4.79 Å². The molecule has 0 saturated heterocycles. The van der Waals surface area contributed by atoms with Crippen LogP contribution in [0.1, 0.15) is 31.4 Å². The SMILES string of the molecule is CCC(N)C(CC(=O)O)c1ccccn1. The Hall–Kier alpha value is -1.42. The number of nitrogens with two attached hydrogens (primary N) is 1. The lowest BCUT2D eigenvalue weighted by Crippen LogP contribution is -2.29. The van der Waals surface area contributed by atoms with Gasteiger partial charge in [0.25, 0.3) is 0 Å². The van der Waals surface area contributed by atoms with E-state index in [1.165, 1.54) is 0 Å². The largest absolute Gasteiger partial charge is 0.481 e. The summed E-state index contributed by atoms with van der Waals surface area (Å²) < 4.78 is 0. The number of carboxylic acids is 1. The lowest BCUT2D eigenvalue weighted by atomic mass is 9.91. The van der Waals surface area contributed by atoms with Gasteiger partial charge in [0, 0.05) is 23.9 Å². The molecule has 0 aromatic carbocycles. The van der Waals surface area contributed by atoms with Crippen LogP contribution in [0.2, 0.25) is 0 Å². The number of aliphatic carboxylic acids is 1. The molecular formula is C11H16N2O2. The number of nitrogens with zero attached hydrogens (tertiary/aromatic N) is 1. The van der Waals surface area contributed by atoms with E-state index in [2.05, 4.69) is 4.98 Å². The summed E-state index contributed by atoms with van der Waals surface area (Å²) in [6.45, 7) is 1.95. The van der Waals surface area contributed by atoms with Crippen molar-refractivity contribution in [1.29, 1.82) is 0 Å². The summed E-state index contributed by atoms with van der Waals surface area (Å²) >= 11 is 0. The van der Waals surface area contributed by atoms with Crippen LogP contribution in [0, 0.1) is 0 Å². The zero-order valence-corrected chi connectivity index (χ0v) is 8.76. The van der Waals surface area contributed by atoms with Crippen LogP contribution < -0.4 is 5.73 Å². The molecule has 0 radical (unpaired) electrons. The number of hydrogen-bond donors (Lipinski definition) is 2. The summed E-state index contributed by atoms with van der Waals surface area (Å²) in [5, 5.41) is 8.81. The molecule has 0 fully saturated rings.